The van der Waals surface area contributed by atoms with Gasteiger partial charge in [0.1, 0.15) is 5.75 Å². The average Bonchev–Trinajstić information content (AvgIpc) is 3.31. The molecule has 178 valence electrons. The minimum Gasteiger partial charge on any atom is -0.490 e. The van der Waals surface area contributed by atoms with E-state index in [1.54, 1.807) is 12.1 Å². The van der Waals surface area contributed by atoms with Crippen molar-refractivity contribution in [2.75, 3.05) is 13.2 Å². The van der Waals surface area contributed by atoms with Gasteiger partial charge < -0.3 is 19.6 Å². The van der Waals surface area contributed by atoms with E-state index in [1.807, 2.05) is 18.3 Å². The number of aromatic carboxylic acids is 1. The molecule has 2 atom stereocenters. The molecule has 1 aromatic heterocycles. The van der Waals surface area contributed by atoms with E-state index in [4.69, 9.17) is 9.47 Å². The molecule has 6 nitrogen and oxygen atoms in total. The Balaban J connectivity index is 1.37. The number of piperidine rings is 1. The van der Waals surface area contributed by atoms with Gasteiger partial charge in [-0.15, -0.1) is 0 Å². The third kappa shape index (κ3) is 3.99. The molecule has 3 aliphatic rings. The van der Waals surface area contributed by atoms with Crippen LogP contribution in [0.2, 0.25) is 0 Å². The Bertz CT molecular complexity index is 1210. The Morgan fingerprint density at radius 1 is 1.24 bits per heavy atom. The van der Waals surface area contributed by atoms with Crippen molar-refractivity contribution >= 4 is 16.9 Å². The van der Waals surface area contributed by atoms with Crippen LogP contribution in [-0.4, -0.2) is 45.8 Å². The molecule has 2 saturated heterocycles. The van der Waals surface area contributed by atoms with E-state index in [1.165, 1.54) is 22.0 Å². The first kappa shape index (κ1) is 21.7. The van der Waals surface area contributed by atoms with E-state index in [0.717, 1.165) is 69.5 Å². The summed E-state index contributed by atoms with van der Waals surface area (Å²) in [5, 5.41) is 10.6. The van der Waals surface area contributed by atoms with E-state index < -0.39 is 5.97 Å². The minimum atomic E-state index is -0.890. The number of rotatable bonds is 6. The first-order valence-corrected chi connectivity index (χ1v) is 12.5. The zero-order valence-corrected chi connectivity index (χ0v) is 19.7. The molecule has 2 aromatic carbocycles. The lowest BCUT2D eigenvalue weighted by Gasteiger charge is -2.45. The highest BCUT2D eigenvalue weighted by atomic mass is 16.5. The molecule has 0 amide bonds. The highest BCUT2D eigenvalue weighted by Crippen LogP contribution is 2.45. The molecule has 1 saturated carbocycles. The normalized spacial score (nSPS) is 25.3. The van der Waals surface area contributed by atoms with Gasteiger partial charge in [0.15, 0.2) is 0 Å². The van der Waals surface area contributed by atoms with Crippen LogP contribution in [0, 0.1) is 6.92 Å². The van der Waals surface area contributed by atoms with Gasteiger partial charge >= 0.3 is 5.97 Å². The van der Waals surface area contributed by atoms with E-state index in [9.17, 15) is 9.90 Å². The second-order valence-corrected chi connectivity index (χ2v) is 10.3. The largest absolute Gasteiger partial charge is 0.490 e. The van der Waals surface area contributed by atoms with E-state index in [-0.39, 0.29) is 11.6 Å². The predicted molar refractivity (Wildman–Crippen MR) is 130 cm³/mol. The number of ether oxygens (including phenoxy) is 2. The van der Waals surface area contributed by atoms with Gasteiger partial charge in [-0.1, -0.05) is 12.1 Å². The molecule has 6 rings (SSSR count). The fraction of sp³-hybridized carbons (Fsp3) is 0.464. The zero-order valence-electron chi connectivity index (χ0n) is 19.7. The fourth-order valence-electron chi connectivity index (χ4n) is 5.84. The van der Waals surface area contributed by atoms with E-state index in [2.05, 4.69) is 28.9 Å². The van der Waals surface area contributed by atoms with Crippen LogP contribution in [0.1, 0.15) is 71.6 Å². The number of hydrogen-bond donors (Lipinski definition) is 2. The van der Waals surface area contributed by atoms with Gasteiger partial charge in [0.05, 0.1) is 17.3 Å². The molecule has 6 heteroatoms. The van der Waals surface area contributed by atoms with Crippen molar-refractivity contribution in [1.29, 1.82) is 0 Å². The molecular formula is C28H32N2O4. The molecule has 1 spiro atoms. The standard InChI is InChI=1S/C28H32N2O4/c1-18-15-25(34-21-7-8-21)23(22-9-12-29-26(18)22)17-30-13-11-28(10-2-14-33-28)16-24(30)19-3-5-20(6-4-19)27(31)32/h3-6,9,12,15,21,24,29H,2,7-8,10-11,13-14,16-17H2,1H3,(H,31,32). The number of carboxylic acids is 1. The fourth-order valence-corrected chi connectivity index (χ4v) is 5.84. The number of nitrogens with zero attached hydrogens (tertiary/aromatic N) is 1. The van der Waals surface area contributed by atoms with Gasteiger partial charge in [0, 0.05) is 48.4 Å². The summed E-state index contributed by atoms with van der Waals surface area (Å²) in [6.07, 6.45) is 8.79. The lowest BCUT2D eigenvalue weighted by atomic mass is 9.81. The van der Waals surface area contributed by atoms with Gasteiger partial charge in [-0.3, -0.25) is 4.90 Å². The van der Waals surface area contributed by atoms with E-state index in [0.29, 0.717) is 11.7 Å². The van der Waals surface area contributed by atoms with Crippen molar-refractivity contribution < 1.29 is 19.4 Å². The number of H-pyrrole nitrogens is 1. The van der Waals surface area contributed by atoms with Crippen LogP contribution in [0.3, 0.4) is 0 Å². The van der Waals surface area contributed by atoms with Crippen molar-refractivity contribution in [3.63, 3.8) is 0 Å². The zero-order chi connectivity index (χ0) is 23.3. The summed E-state index contributed by atoms with van der Waals surface area (Å²) in [6, 6.07) is 11.9. The second kappa shape index (κ2) is 8.43. The number of hydrogen-bond acceptors (Lipinski definition) is 4. The van der Waals surface area contributed by atoms with E-state index >= 15 is 0 Å². The lowest BCUT2D eigenvalue weighted by molar-refractivity contribution is -0.0676. The van der Waals surface area contributed by atoms with Crippen molar-refractivity contribution in [2.24, 2.45) is 0 Å². The number of likely N-dealkylation sites (tertiary alicyclic amines) is 1. The molecular weight excluding hydrogens is 428 g/mol. The van der Waals surface area contributed by atoms with Gasteiger partial charge in [-0.25, -0.2) is 4.79 Å². The molecule has 1 aliphatic carbocycles. The Morgan fingerprint density at radius 2 is 2.06 bits per heavy atom. The highest BCUT2D eigenvalue weighted by molar-refractivity contribution is 5.88. The number of aromatic amines is 1. The highest BCUT2D eigenvalue weighted by Gasteiger charge is 2.43. The number of carboxylic acid groups (broad SMARTS) is 1. The molecule has 34 heavy (non-hydrogen) atoms. The third-order valence-electron chi connectivity index (χ3n) is 7.88. The van der Waals surface area contributed by atoms with Crippen molar-refractivity contribution in [1.82, 2.24) is 9.88 Å². The predicted octanol–water partition coefficient (Wildman–Crippen LogP) is 5.60. The van der Waals surface area contributed by atoms with Crippen LogP contribution < -0.4 is 4.74 Å². The number of nitrogens with one attached hydrogen (secondary N) is 1. The van der Waals surface area contributed by atoms with Crippen LogP contribution in [0.25, 0.3) is 10.9 Å². The Labute approximate surface area is 199 Å². The first-order chi connectivity index (χ1) is 16.5. The monoisotopic (exact) mass is 460 g/mol. The quantitative estimate of drug-likeness (QED) is 0.501. The summed E-state index contributed by atoms with van der Waals surface area (Å²) in [6.45, 7) is 4.70. The maximum absolute atomic E-state index is 11.4. The number of aryl methyl sites for hydroxylation is 1. The molecule has 2 unspecified atom stereocenters. The number of carbonyl (C=O) groups is 1. The SMILES string of the molecule is Cc1cc(OC2CC2)c(CN2CCC3(CCCO3)CC2c2ccc(C(=O)O)cc2)c2cc[nH]c12. The van der Waals surface area contributed by atoms with Gasteiger partial charge in [-0.05, 0) is 80.8 Å². The Kier molecular flexibility index (Phi) is 5.38. The van der Waals surface area contributed by atoms with Crippen LogP contribution in [-0.2, 0) is 11.3 Å². The number of aromatic nitrogens is 1. The molecule has 3 fully saturated rings. The molecule has 2 aliphatic heterocycles. The van der Waals surface area contributed by atoms with Gasteiger partial charge in [0.2, 0.25) is 0 Å². The van der Waals surface area contributed by atoms with Crippen molar-refractivity contribution in [3.8, 4) is 5.75 Å². The summed E-state index contributed by atoms with van der Waals surface area (Å²) in [4.78, 5) is 17.4. The summed E-state index contributed by atoms with van der Waals surface area (Å²) in [5.74, 6) is 0.114. The average molecular weight is 461 g/mol. The molecule has 0 bridgehead atoms. The van der Waals surface area contributed by atoms with Crippen LogP contribution in [0.4, 0.5) is 0 Å². The Morgan fingerprint density at radius 3 is 2.76 bits per heavy atom. The summed E-state index contributed by atoms with van der Waals surface area (Å²) >= 11 is 0. The summed E-state index contributed by atoms with van der Waals surface area (Å²) in [5.41, 5.74) is 5.04. The van der Waals surface area contributed by atoms with Gasteiger partial charge in [0.25, 0.3) is 0 Å². The third-order valence-corrected chi connectivity index (χ3v) is 7.88. The number of fused-ring (bicyclic) bond motifs is 1. The second-order valence-electron chi connectivity index (χ2n) is 10.3. The Hall–Kier alpha value is -2.83. The molecule has 0 radical (unpaired) electrons. The smallest absolute Gasteiger partial charge is 0.335 e. The maximum atomic E-state index is 11.4. The van der Waals surface area contributed by atoms with Crippen molar-refractivity contribution in [2.45, 2.75) is 69.7 Å². The van der Waals surface area contributed by atoms with Crippen molar-refractivity contribution in [3.05, 3.63) is 64.8 Å². The lowest BCUT2D eigenvalue weighted by Crippen LogP contribution is -2.45. The van der Waals surface area contributed by atoms with Crippen LogP contribution in [0.15, 0.2) is 42.6 Å². The maximum Gasteiger partial charge on any atom is 0.335 e. The topological polar surface area (TPSA) is 74.8 Å². The summed E-state index contributed by atoms with van der Waals surface area (Å²) in [7, 11) is 0. The molecule has 2 N–H and O–H groups in total. The first-order valence-electron chi connectivity index (χ1n) is 12.5. The minimum absolute atomic E-state index is 0.0589. The van der Waals surface area contributed by atoms with Crippen LogP contribution in [0.5, 0.6) is 5.75 Å². The molecule has 3 heterocycles. The van der Waals surface area contributed by atoms with Gasteiger partial charge in [-0.2, -0.15) is 0 Å². The number of benzene rings is 2. The summed E-state index contributed by atoms with van der Waals surface area (Å²) < 4.78 is 12.7. The van der Waals surface area contributed by atoms with Crippen LogP contribution >= 0.6 is 0 Å². The molecule has 3 aromatic rings.